The number of halogens is 1. The van der Waals surface area contributed by atoms with E-state index in [1.807, 2.05) is 24.3 Å². The van der Waals surface area contributed by atoms with Crippen molar-refractivity contribution in [3.8, 4) is 0 Å². The Balaban J connectivity index is 1.88. The SMILES string of the molecule is CCOC(=O)CCCCC(Cc1cc2c(Cl)cccc2[nH]1)OC=O. The molecule has 2 rings (SSSR count). The molecule has 0 aliphatic carbocycles. The number of nitrogens with one attached hydrogen (secondary N) is 1. The minimum atomic E-state index is -0.225. The lowest BCUT2D eigenvalue weighted by molar-refractivity contribution is -0.143. The van der Waals surface area contributed by atoms with E-state index < -0.39 is 0 Å². The molecule has 0 fully saturated rings. The Hall–Kier alpha value is -2.01. The van der Waals surface area contributed by atoms with Crippen molar-refractivity contribution in [2.75, 3.05) is 6.61 Å². The molecule has 0 aliphatic heterocycles. The molecule has 6 heteroatoms. The Bertz CT molecular complexity index is 683. The van der Waals surface area contributed by atoms with Crippen LogP contribution in [-0.2, 0) is 25.5 Å². The average molecular weight is 352 g/mol. The molecule has 2 aromatic rings. The van der Waals surface area contributed by atoms with Crippen LogP contribution in [0.5, 0.6) is 0 Å². The first-order valence-electron chi connectivity index (χ1n) is 8.15. The third-order valence-electron chi connectivity index (χ3n) is 3.82. The van der Waals surface area contributed by atoms with Crippen LogP contribution in [0.4, 0.5) is 0 Å². The standard InChI is InChI=1S/C18H22ClNO4/c1-2-23-18(22)9-4-3-6-14(24-12-21)10-13-11-15-16(19)7-5-8-17(15)20-13/h5,7-8,11-12,14,20H,2-4,6,9-10H2,1H3. The number of benzene rings is 1. The van der Waals surface area contributed by atoms with E-state index in [-0.39, 0.29) is 12.1 Å². The highest BCUT2D eigenvalue weighted by Gasteiger charge is 2.13. The highest BCUT2D eigenvalue weighted by molar-refractivity contribution is 6.35. The monoisotopic (exact) mass is 351 g/mol. The molecule has 0 saturated heterocycles. The Morgan fingerprint density at radius 3 is 2.92 bits per heavy atom. The number of rotatable bonds is 10. The normalized spacial score (nSPS) is 12.1. The summed E-state index contributed by atoms with van der Waals surface area (Å²) >= 11 is 6.17. The van der Waals surface area contributed by atoms with Crippen molar-refractivity contribution in [1.82, 2.24) is 4.98 Å². The van der Waals surface area contributed by atoms with E-state index in [1.54, 1.807) is 6.92 Å². The molecule has 1 heterocycles. The Kier molecular flexibility index (Phi) is 7.12. The first kappa shape index (κ1) is 18.3. The second-order valence-electron chi connectivity index (χ2n) is 5.60. The molecule has 0 aliphatic rings. The first-order chi connectivity index (χ1) is 11.6. The number of unbranched alkanes of at least 4 members (excludes halogenated alkanes) is 1. The van der Waals surface area contributed by atoms with Crippen molar-refractivity contribution in [3.05, 3.63) is 35.0 Å². The average Bonchev–Trinajstić information content (AvgIpc) is 2.96. The van der Waals surface area contributed by atoms with Gasteiger partial charge in [-0.3, -0.25) is 9.59 Å². The van der Waals surface area contributed by atoms with Gasteiger partial charge in [0.25, 0.3) is 6.47 Å². The van der Waals surface area contributed by atoms with Gasteiger partial charge in [0, 0.05) is 34.5 Å². The Morgan fingerprint density at radius 1 is 1.38 bits per heavy atom. The van der Waals surface area contributed by atoms with Crippen molar-refractivity contribution >= 4 is 34.9 Å². The first-order valence-corrected chi connectivity index (χ1v) is 8.52. The van der Waals surface area contributed by atoms with Crippen LogP contribution in [0.15, 0.2) is 24.3 Å². The van der Waals surface area contributed by atoms with Crippen molar-refractivity contribution < 1.29 is 19.1 Å². The molecule has 0 radical (unpaired) electrons. The Labute approximate surface area is 146 Å². The quantitative estimate of drug-likeness (QED) is 0.398. The zero-order valence-electron chi connectivity index (χ0n) is 13.7. The smallest absolute Gasteiger partial charge is 0.305 e. The topological polar surface area (TPSA) is 68.4 Å². The van der Waals surface area contributed by atoms with Crippen LogP contribution in [0.2, 0.25) is 5.02 Å². The van der Waals surface area contributed by atoms with E-state index in [9.17, 15) is 9.59 Å². The van der Waals surface area contributed by atoms with Crippen molar-refractivity contribution in [2.45, 2.75) is 45.1 Å². The van der Waals surface area contributed by atoms with Crippen LogP contribution < -0.4 is 0 Å². The summed E-state index contributed by atoms with van der Waals surface area (Å²) in [6.45, 7) is 2.67. The fourth-order valence-electron chi connectivity index (χ4n) is 2.70. The molecule has 1 aromatic carbocycles. The number of carbonyl (C=O) groups excluding carboxylic acids is 2. The molecule has 1 unspecified atom stereocenters. The van der Waals surface area contributed by atoms with Crippen LogP contribution in [0, 0.1) is 0 Å². The van der Waals surface area contributed by atoms with Crippen molar-refractivity contribution in [2.24, 2.45) is 0 Å². The maximum Gasteiger partial charge on any atom is 0.305 e. The van der Waals surface area contributed by atoms with Crippen LogP contribution >= 0.6 is 11.6 Å². The number of fused-ring (bicyclic) bond motifs is 1. The van der Waals surface area contributed by atoms with E-state index in [0.717, 1.165) is 29.4 Å². The Morgan fingerprint density at radius 2 is 2.21 bits per heavy atom. The number of aromatic amines is 1. The largest absolute Gasteiger partial charge is 0.466 e. The minimum Gasteiger partial charge on any atom is -0.466 e. The summed E-state index contributed by atoms with van der Waals surface area (Å²) in [5, 5.41) is 1.65. The second kappa shape index (κ2) is 9.33. The molecule has 24 heavy (non-hydrogen) atoms. The third-order valence-corrected chi connectivity index (χ3v) is 4.15. The van der Waals surface area contributed by atoms with Gasteiger partial charge in [0.05, 0.1) is 6.61 Å². The zero-order chi connectivity index (χ0) is 17.4. The maximum atomic E-state index is 11.3. The van der Waals surface area contributed by atoms with Gasteiger partial charge in [-0.25, -0.2) is 0 Å². The number of hydrogen-bond acceptors (Lipinski definition) is 4. The molecular formula is C18H22ClNO4. The van der Waals surface area contributed by atoms with Gasteiger partial charge in [-0.2, -0.15) is 0 Å². The van der Waals surface area contributed by atoms with Gasteiger partial charge < -0.3 is 14.5 Å². The predicted octanol–water partition coefficient (Wildman–Crippen LogP) is 4.03. The molecule has 5 nitrogen and oxygen atoms in total. The summed E-state index contributed by atoms with van der Waals surface area (Å²) in [5.41, 5.74) is 1.93. The zero-order valence-corrected chi connectivity index (χ0v) is 14.5. The number of carbonyl (C=O) groups is 2. The molecular weight excluding hydrogens is 330 g/mol. The van der Waals surface area contributed by atoms with E-state index >= 15 is 0 Å². The van der Waals surface area contributed by atoms with Crippen LogP contribution in [-0.4, -0.2) is 30.1 Å². The number of hydrogen-bond donors (Lipinski definition) is 1. The molecule has 0 amide bonds. The maximum absolute atomic E-state index is 11.3. The molecule has 0 bridgehead atoms. The van der Waals surface area contributed by atoms with Crippen molar-refractivity contribution in [3.63, 3.8) is 0 Å². The number of H-pyrrole nitrogens is 1. The lowest BCUT2D eigenvalue weighted by atomic mass is 10.1. The highest BCUT2D eigenvalue weighted by Crippen LogP contribution is 2.25. The summed E-state index contributed by atoms with van der Waals surface area (Å²) in [5.74, 6) is -0.185. The molecule has 1 atom stereocenters. The van der Waals surface area contributed by atoms with Gasteiger partial charge in [-0.1, -0.05) is 17.7 Å². The summed E-state index contributed by atoms with van der Waals surface area (Å²) in [6.07, 6.45) is 2.96. The number of esters is 1. The summed E-state index contributed by atoms with van der Waals surface area (Å²) < 4.78 is 10.1. The summed E-state index contributed by atoms with van der Waals surface area (Å²) in [4.78, 5) is 25.3. The van der Waals surface area contributed by atoms with Gasteiger partial charge in [-0.15, -0.1) is 0 Å². The van der Waals surface area contributed by atoms with Crippen molar-refractivity contribution in [1.29, 1.82) is 0 Å². The van der Waals surface area contributed by atoms with Crippen LogP contribution in [0.3, 0.4) is 0 Å². The van der Waals surface area contributed by atoms with E-state index in [0.29, 0.717) is 37.4 Å². The lowest BCUT2D eigenvalue weighted by Gasteiger charge is -2.14. The van der Waals surface area contributed by atoms with E-state index in [1.165, 1.54) is 0 Å². The van der Waals surface area contributed by atoms with Crippen LogP contribution in [0.25, 0.3) is 10.9 Å². The highest BCUT2D eigenvalue weighted by atomic mass is 35.5. The lowest BCUT2D eigenvalue weighted by Crippen LogP contribution is -2.16. The van der Waals surface area contributed by atoms with Gasteiger partial charge in [0.1, 0.15) is 6.10 Å². The van der Waals surface area contributed by atoms with Gasteiger partial charge >= 0.3 is 5.97 Å². The molecule has 1 aromatic heterocycles. The fraction of sp³-hybridized carbons (Fsp3) is 0.444. The number of ether oxygens (including phenoxy) is 2. The summed E-state index contributed by atoms with van der Waals surface area (Å²) in [7, 11) is 0. The molecule has 1 N–H and O–H groups in total. The second-order valence-corrected chi connectivity index (χ2v) is 6.01. The molecule has 130 valence electrons. The van der Waals surface area contributed by atoms with E-state index in [4.69, 9.17) is 21.1 Å². The molecule has 0 saturated carbocycles. The van der Waals surface area contributed by atoms with Crippen LogP contribution in [0.1, 0.15) is 38.3 Å². The predicted molar refractivity (Wildman–Crippen MR) is 93.1 cm³/mol. The number of aromatic nitrogens is 1. The van der Waals surface area contributed by atoms with Gasteiger partial charge in [-0.05, 0) is 44.4 Å². The minimum absolute atomic E-state index is 0.185. The molecule has 0 spiro atoms. The summed E-state index contributed by atoms with van der Waals surface area (Å²) in [6, 6.07) is 7.67. The van der Waals surface area contributed by atoms with Gasteiger partial charge in [0.15, 0.2) is 0 Å². The fourth-order valence-corrected chi connectivity index (χ4v) is 2.93. The van der Waals surface area contributed by atoms with E-state index in [2.05, 4.69) is 4.98 Å². The third kappa shape index (κ3) is 5.27. The van der Waals surface area contributed by atoms with Gasteiger partial charge in [0.2, 0.25) is 0 Å².